The number of hydrogen-bond donors (Lipinski definition) is 3. The van der Waals surface area contributed by atoms with E-state index in [0.29, 0.717) is 0 Å². The van der Waals surface area contributed by atoms with E-state index in [2.05, 4.69) is 26.1 Å². The summed E-state index contributed by atoms with van der Waals surface area (Å²) in [4.78, 5) is 36.8. The van der Waals surface area contributed by atoms with Gasteiger partial charge in [-0.15, -0.1) is 10.2 Å². The maximum atomic E-state index is 12.8. The number of amides is 3. The van der Waals surface area contributed by atoms with Crippen molar-refractivity contribution in [3.8, 4) is 5.75 Å². The number of aromatic nitrogens is 2. The van der Waals surface area contributed by atoms with Crippen LogP contribution in [0.25, 0.3) is 0 Å². The molecule has 28 heavy (non-hydrogen) atoms. The van der Waals surface area contributed by atoms with Gasteiger partial charge in [0.2, 0.25) is 5.91 Å². The molecule has 1 heterocycles. The molecule has 1 aliphatic rings. The van der Waals surface area contributed by atoms with Crippen molar-refractivity contribution in [2.45, 2.75) is 12.8 Å². The van der Waals surface area contributed by atoms with E-state index in [1.54, 1.807) is 18.2 Å². The maximum Gasteiger partial charge on any atom is 0.273 e. The van der Waals surface area contributed by atoms with Crippen molar-refractivity contribution in [3.63, 3.8) is 0 Å². The zero-order valence-electron chi connectivity index (χ0n) is 15.2. The number of ether oxygens (including phenoxy) is 1. The van der Waals surface area contributed by atoms with Gasteiger partial charge < -0.3 is 20.7 Å². The molecule has 0 saturated heterocycles. The molecule has 1 fully saturated rings. The van der Waals surface area contributed by atoms with Crippen molar-refractivity contribution < 1.29 is 19.1 Å². The first-order chi connectivity index (χ1) is 13.4. The third kappa shape index (κ3) is 4.20. The molecule has 0 unspecified atom stereocenters. The van der Waals surface area contributed by atoms with Crippen LogP contribution in [0.1, 0.15) is 33.7 Å². The van der Waals surface area contributed by atoms with E-state index in [1.165, 1.54) is 20.2 Å². The Balaban J connectivity index is 1.93. The summed E-state index contributed by atoms with van der Waals surface area (Å²) in [7, 11) is 2.84. The summed E-state index contributed by atoms with van der Waals surface area (Å²) in [5, 5.41) is 15.5. The van der Waals surface area contributed by atoms with Gasteiger partial charge in [0.05, 0.1) is 17.8 Å². The summed E-state index contributed by atoms with van der Waals surface area (Å²) >= 11 is 6.14. The number of benzene rings is 1. The molecule has 1 saturated carbocycles. The number of rotatable bonds is 6. The van der Waals surface area contributed by atoms with E-state index in [0.717, 1.165) is 12.8 Å². The van der Waals surface area contributed by atoms with Crippen molar-refractivity contribution in [2.75, 3.05) is 24.8 Å². The minimum atomic E-state index is -0.597. The molecule has 2 aromatic rings. The molecule has 0 bridgehead atoms. The van der Waals surface area contributed by atoms with Gasteiger partial charge in [-0.2, -0.15) is 0 Å². The summed E-state index contributed by atoms with van der Waals surface area (Å²) < 4.78 is 5.18. The molecule has 9 nitrogen and oxygen atoms in total. The Kier molecular flexibility index (Phi) is 5.74. The second-order valence-electron chi connectivity index (χ2n) is 6.11. The molecular formula is C18H18ClN5O4. The van der Waals surface area contributed by atoms with Gasteiger partial charge in [-0.1, -0.05) is 17.7 Å². The third-order valence-corrected chi connectivity index (χ3v) is 4.42. The van der Waals surface area contributed by atoms with Gasteiger partial charge in [0, 0.05) is 19.0 Å². The number of nitrogens with one attached hydrogen (secondary N) is 3. The highest BCUT2D eigenvalue weighted by Crippen LogP contribution is 2.31. The van der Waals surface area contributed by atoms with Gasteiger partial charge in [0.25, 0.3) is 11.8 Å². The largest absolute Gasteiger partial charge is 0.496 e. The van der Waals surface area contributed by atoms with E-state index in [1.807, 2.05) is 0 Å². The average molecular weight is 404 g/mol. The number of carbonyl (C=O) groups is 3. The van der Waals surface area contributed by atoms with Gasteiger partial charge in [-0.05, 0) is 25.0 Å². The van der Waals surface area contributed by atoms with Crippen molar-refractivity contribution in [1.29, 1.82) is 0 Å². The number of methoxy groups -OCH3 is 1. The van der Waals surface area contributed by atoms with Crippen LogP contribution in [0.4, 0.5) is 11.5 Å². The molecule has 1 aromatic carbocycles. The van der Waals surface area contributed by atoms with Crippen LogP contribution in [0, 0.1) is 5.92 Å². The topological polar surface area (TPSA) is 122 Å². The fourth-order valence-electron chi connectivity index (χ4n) is 2.49. The molecule has 1 aromatic heterocycles. The normalized spacial score (nSPS) is 12.8. The molecule has 3 N–H and O–H groups in total. The summed E-state index contributed by atoms with van der Waals surface area (Å²) in [6.45, 7) is 0. The van der Waals surface area contributed by atoms with Gasteiger partial charge in [-0.3, -0.25) is 14.4 Å². The Hall–Kier alpha value is -3.20. The molecule has 146 valence electrons. The molecule has 3 rings (SSSR count). The minimum absolute atomic E-state index is 0.0363. The van der Waals surface area contributed by atoms with Crippen LogP contribution in [0.3, 0.4) is 0 Å². The molecule has 10 heteroatoms. The Labute approximate surface area is 165 Å². The Bertz CT molecular complexity index is 946. The first kappa shape index (κ1) is 19.6. The van der Waals surface area contributed by atoms with Gasteiger partial charge in [0.1, 0.15) is 11.3 Å². The Morgan fingerprint density at radius 1 is 1.14 bits per heavy atom. The molecule has 0 aliphatic heterocycles. The van der Waals surface area contributed by atoms with Crippen molar-refractivity contribution in [2.24, 2.45) is 5.92 Å². The molecular weight excluding hydrogens is 386 g/mol. The third-order valence-electron chi connectivity index (χ3n) is 4.11. The molecule has 1 aliphatic carbocycles. The zero-order valence-corrected chi connectivity index (χ0v) is 16.0. The first-order valence-electron chi connectivity index (χ1n) is 8.49. The number of carbonyl (C=O) groups excluding carboxylic acids is 3. The summed E-state index contributed by atoms with van der Waals surface area (Å²) in [5.41, 5.74) is 0.0774. The maximum absolute atomic E-state index is 12.8. The van der Waals surface area contributed by atoms with E-state index >= 15 is 0 Å². The Morgan fingerprint density at radius 3 is 2.54 bits per heavy atom. The van der Waals surface area contributed by atoms with Crippen LogP contribution in [-0.4, -0.2) is 42.1 Å². The number of halogens is 1. The molecule has 0 atom stereocenters. The van der Waals surface area contributed by atoms with Crippen molar-refractivity contribution >= 4 is 40.8 Å². The quantitative estimate of drug-likeness (QED) is 0.678. The highest BCUT2D eigenvalue weighted by atomic mass is 35.5. The lowest BCUT2D eigenvalue weighted by atomic mass is 10.1. The van der Waals surface area contributed by atoms with Gasteiger partial charge >= 0.3 is 0 Å². The van der Waals surface area contributed by atoms with E-state index in [4.69, 9.17) is 16.3 Å². The van der Waals surface area contributed by atoms with E-state index < -0.39 is 11.8 Å². The highest BCUT2D eigenvalue weighted by molar-refractivity contribution is 6.35. The summed E-state index contributed by atoms with van der Waals surface area (Å²) in [6.07, 6.45) is 1.65. The highest BCUT2D eigenvalue weighted by Gasteiger charge is 2.30. The van der Waals surface area contributed by atoms with Crippen LogP contribution in [0.15, 0.2) is 24.3 Å². The number of nitrogens with zero attached hydrogens (tertiary/aromatic N) is 2. The zero-order chi connectivity index (χ0) is 20.3. The number of hydrogen-bond acceptors (Lipinski definition) is 6. The SMILES string of the molecule is CNC(=O)c1nnc(NC(=O)C2CC2)cc1NC(=O)c1c(Cl)cccc1OC. The van der Waals surface area contributed by atoms with Crippen LogP contribution < -0.4 is 20.7 Å². The van der Waals surface area contributed by atoms with Crippen molar-refractivity contribution in [3.05, 3.63) is 40.5 Å². The smallest absolute Gasteiger partial charge is 0.273 e. The monoisotopic (exact) mass is 403 g/mol. The standard InChI is InChI=1S/C18H18ClN5O4/c1-20-18(27)15-11(8-13(23-24-15)22-16(25)9-6-7-9)21-17(26)14-10(19)4-3-5-12(14)28-2/h3-5,8-9H,6-7H2,1-2H3,(H,20,27)(H2,21,22,23,25,26). The molecule has 0 spiro atoms. The second kappa shape index (κ2) is 8.22. The van der Waals surface area contributed by atoms with Crippen LogP contribution >= 0.6 is 11.6 Å². The fraction of sp³-hybridized carbons (Fsp3) is 0.278. The van der Waals surface area contributed by atoms with Crippen LogP contribution in [0.2, 0.25) is 5.02 Å². The molecule has 0 radical (unpaired) electrons. The second-order valence-corrected chi connectivity index (χ2v) is 6.51. The average Bonchev–Trinajstić information content (AvgIpc) is 3.52. The van der Waals surface area contributed by atoms with Crippen LogP contribution in [0.5, 0.6) is 5.75 Å². The van der Waals surface area contributed by atoms with Gasteiger partial charge in [0.15, 0.2) is 11.5 Å². The summed E-state index contributed by atoms with van der Waals surface area (Å²) in [6, 6.07) is 6.16. The van der Waals surface area contributed by atoms with Gasteiger partial charge in [-0.25, -0.2) is 0 Å². The number of anilines is 2. The predicted octanol–water partition coefficient (Wildman–Crippen LogP) is 2.10. The fourth-order valence-corrected chi connectivity index (χ4v) is 2.74. The lowest BCUT2D eigenvalue weighted by Crippen LogP contribution is -2.24. The predicted molar refractivity (Wildman–Crippen MR) is 103 cm³/mol. The lowest BCUT2D eigenvalue weighted by molar-refractivity contribution is -0.117. The first-order valence-corrected chi connectivity index (χ1v) is 8.87. The Morgan fingerprint density at radius 2 is 1.89 bits per heavy atom. The summed E-state index contributed by atoms with van der Waals surface area (Å²) in [5.74, 6) is -0.950. The van der Waals surface area contributed by atoms with E-state index in [9.17, 15) is 14.4 Å². The minimum Gasteiger partial charge on any atom is -0.496 e. The van der Waals surface area contributed by atoms with Crippen molar-refractivity contribution in [1.82, 2.24) is 15.5 Å². The lowest BCUT2D eigenvalue weighted by Gasteiger charge is -2.13. The van der Waals surface area contributed by atoms with E-state index in [-0.39, 0.29) is 45.4 Å². The molecule has 3 amide bonds. The van der Waals surface area contributed by atoms with Crippen LogP contribution in [-0.2, 0) is 4.79 Å².